The van der Waals surface area contributed by atoms with Gasteiger partial charge in [0.05, 0.1) is 0 Å². The number of hydrogen-bond acceptors (Lipinski definition) is 3. The van der Waals surface area contributed by atoms with Crippen molar-refractivity contribution in [1.82, 2.24) is 10.2 Å². The zero-order chi connectivity index (χ0) is 12.1. The highest BCUT2D eigenvalue weighted by atomic mass is 32.2. The molecule has 1 saturated heterocycles. The van der Waals surface area contributed by atoms with Crippen molar-refractivity contribution >= 4 is 17.7 Å². The molecule has 1 aliphatic carbocycles. The second-order valence-corrected chi connectivity index (χ2v) is 6.50. The number of nitrogens with one attached hydrogen (secondary N) is 1. The SMILES string of the molecule is CN(CC1CCCC1)C(=O)CC1CSCCN1. The molecule has 1 aliphatic heterocycles. The summed E-state index contributed by atoms with van der Waals surface area (Å²) in [6, 6.07) is 0.396. The van der Waals surface area contributed by atoms with Crippen LogP contribution in [0.4, 0.5) is 0 Å². The number of rotatable bonds is 4. The molecule has 1 amide bonds. The first-order valence-corrected chi connectivity index (χ1v) is 7.96. The van der Waals surface area contributed by atoms with Gasteiger partial charge in [-0.2, -0.15) is 11.8 Å². The molecule has 1 saturated carbocycles. The number of thioether (sulfide) groups is 1. The lowest BCUT2D eigenvalue weighted by atomic mass is 10.1. The number of hydrogen-bond donors (Lipinski definition) is 1. The highest BCUT2D eigenvalue weighted by molar-refractivity contribution is 7.99. The molecule has 2 rings (SSSR count). The number of carbonyl (C=O) groups excluding carboxylic acids is 1. The van der Waals surface area contributed by atoms with Gasteiger partial charge in [-0.1, -0.05) is 12.8 Å². The maximum atomic E-state index is 12.1. The minimum absolute atomic E-state index is 0.317. The molecule has 2 fully saturated rings. The highest BCUT2D eigenvalue weighted by Gasteiger charge is 2.22. The molecule has 4 heteroatoms. The topological polar surface area (TPSA) is 32.3 Å². The lowest BCUT2D eigenvalue weighted by molar-refractivity contribution is -0.130. The van der Waals surface area contributed by atoms with Crippen LogP contribution in [0.1, 0.15) is 32.1 Å². The summed E-state index contributed by atoms with van der Waals surface area (Å²) in [5.74, 6) is 3.35. The second kappa shape index (κ2) is 6.64. The second-order valence-electron chi connectivity index (χ2n) is 5.35. The Hall–Kier alpha value is -0.220. The van der Waals surface area contributed by atoms with E-state index >= 15 is 0 Å². The summed E-state index contributed by atoms with van der Waals surface area (Å²) in [6.07, 6.45) is 6.02. The van der Waals surface area contributed by atoms with E-state index in [9.17, 15) is 4.79 Å². The summed E-state index contributed by atoms with van der Waals surface area (Å²) in [4.78, 5) is 14.0. The monoisotopic (exact) mass is 256 g/mol. The summed E-state index contributed by atoms with van der Waals surface area (Å²) in [5.41, 5.74) is 0. The zero-order valence-electron chi connectivity index (χ0n) is 10.8. The lowest BCUT2D eigenvalue weighted by Crippen LogP contribution is -2.42. The molecule has 2 aliphatic rings. The molecule has 98 valence electrons. The Kier molecular flexibility index (Phi) is 5.16. The Morgan fingerprint density at radius 2 is 2.18 bits per heavy atom. The maximum absolute atomic E-state index is 12.1. The van der Waals surface area contributed by atoms with Crippen LogP contribution in [0.2, 0.25) is 0 Å². The van der Waals surface area contributed by atoms with Gasteiger partial charge in [0.15, 0.2) is 0 Å². The lowest BCUT2D eigenvalue weighted by Gasteiger charge is -2.26. The first kappa shape index (κ1) is 13.2. The Morgan fingerprint density at radius 3 is 2.82 bits per heavy atom. The molecule has 0 aromatic heterocycles. The van der Waals surface area contributed by atoms with Crippen molar-refractivity contribution in [2.75, 3.05) is 31.6 Å². The smallest absolute Gasteiger partial charge is 0.223 e. The van der Waals surface area contributed by atoms with Gasteiger partial charge in [0.2, 0.25) is 5.91 Å². The van der Waals surface area contributed by atoms with E-state index in [1.54, 1.807) is 0 Å². The van der Waals surface area contributed by atoms with Gasteiger partial charge in [-0.3, -0.25) is 4.79 Å². The van der Waals surface area contributed by atoms with Crippen molar-refractivity contribution in [2.45, 2.75) is 38.1 Å². The van der Waals surface area contributed by atoms with Gasteiger partial charge in [0.1, 0.15) is 0 Å². The molecule has 1 atom stereocenters. The molecule has 0 spiro atoms. The molecule has 1 unspecified atom stereocenters. The van der Waals surface area contributed by atoms with Crippen LogP contribution >= 0.6 is 11.8 Å². The third kappa shape index (κ3) is 4.18. The average molecular weight is 256 g/mol. The third-order valence-corrected chi connectivity index (χ3v) is 4.98. The molecule has 1 N–H and O–H groups in total. The van der Waals surface area contributed by atoms with Crippen LogP contribution in [0.15, 0.2) is 0 Å². The van der Waals surface area contributed by atoms with Crippen molar-refractivity contribution in [3.63, 3.8) is 0 Å². The van der Waals surface area contributed by atoms with Crippen LogP contribution in [-0.4, -0.2) is 48.5 Å². The molecule has 0 aromatic rings. The first-order valence-electron chi connectivity index (χ1n) is 6.81. The summed E-state index contributed by atoms with van der Waals surface area (Å²) in [5, 5.41) is 3.43. The van der Waals surface area contributed by atoms with Crippen molar-refractivity contribution < 1.29 is 4.79 Å². The van der Waals surface area contributed by atoms with E-state index in [-0.39, 0.29) is 0 Å². The quantitative estimate of drug-likeness (QED) is 0.831. The fourth-order valence-electron chi connectivity index (χ4n) is 2.80. The van der Waals surface area contributed by atoms with E-state index in [1.807, 2.05) is 23.7 Å². The highest BCUT2D eigenvalue weighted by Crippen LogP contribution is 2.25. The van der Waals surface area contributed by atoms with E-state index in [2.05, 4.69) is 5.32 Å². The van der Waals surface area contributed by atoms with Gasteiger partial charge in [-0.25, -0.2) is 0 Å². The van der Waals surface area contributed by atoms with Crippen LogP contribution in [0, 0.1) is 5.92 Å². The van der Waals surface area contributed by atoms with Gasteiger partial charge < -0.3 is 10.2 Å². The third-order valence-electron chi connectivity index (χ3n) is 3.85. The maximum Gasteiger partial charge on any atom is 0.223 e. The minimum Gasteiger partial charge on any atom is -0.345 e. The first-order chi connectivity index (χ1) is 8.25. The van der Waals surface area contributed by atoms with E-state index in [0.29, 0.717) is 18.4 Å². The standard InChI is InChI=1S/C13H24N2OS/c1-15(9-11-4-2-3-5-11)13(16)8-12-10-17-7-6-14-12/h11-12,14H,2-10H2,1H3. The summed E-state index contributed by atoms with van der Waals surface area (Å²) in [6.45, 7) is 2.02. The summed E-state index contributed by atoms with van der Waals surface area (Å²) < 4.78 is 0. The Bertz CT molecular complexity index is 248. The molecule has 0 aromatic carbocycles. The van der Waals surface area contributed by atoms with Crippen LogP contribution in [0.25, 0.3) is 0 Å². The predicted molar refractivity (Wildman–Crippen MR) is 73.3 cm³/mol. The fourth-order valence-corrected chi connectivity index (χ4v) is 3.75. The van der Waals surface area contributed by atoms with Crippen LogP contribution in [0.5, 0.6) is 0 Å². The van der Waals surface area contributed by atoms with Gasteiger partial charge in [0, 0.05) is 44.1 Å². The minimum atomic E-state index is 0.317. The van der Waals surface area contributed by atoms with Gasteiger partial charge >= 0.3 is 0 Å². The van der Waals surface area contributed by atoms with Crippen molar-refractivity contribution in [2.24, 2.45) is 5.92 Å². The molecule has 17 heavy (non-hydrogen) atoms. The van der Waals surface area contributed by atoms with Crippen molar-refractivity contribution in [3.05, 3.63) is 0 Å². The number of carbonyl (C=O) groups is 1. The molecule has 0 radical (unpaired) electrons. The zero-order valence-corrected chi connectivity index (χ0v) is 11.6. The van der Waals surface area contributed by atoms with Gasteiger partial charge in [-0.15, -0.1) is 0 Å². The average Bonchev–Trinajstić information content (AvgIpc) is 2.83. The Labute approximate surface area is 109 Å². The van der Waals surface area contributed by atoms with Crippen molar-refractivity contribution in [3.8, 4) is 0 Å². The van der Waals surface area contributed by atoms with Crippen LogP contribution < -0.4 is 5.32 Å². The van der Waals surface area contributed by atoms with E-state index in [0.717, 1.165) is 24.8 Å². The van der Waals surface area contributed by atoms with Crippen molar-refractivity contribution in [1.29, 1.82) is 0 Å². The van der Waals surface area contributed by atoms with E-state index < -0.39 is 0 Å². The molecular formula is C13H24N2OS. The number of amides is 1. The van der Waals surface area contributed by atoms with Gasteiger partial charge in [-0.05, 0) is 18.8 Å². The molecular weight excluding hydrogens is 232 g/mol. The summed E-state index contributed by atoms with van der Waals surface area (Å²) >= 11 is 1.96. The predicted octanol–water partition coefficient (Wildman–Crippen LogP) is 1.73. The molecule has 1 heterocycles. The fraction of sp³-hybridized carbons (Fsp3) is 0.923. The van der Waals surface area contributed by atoms with E-state index in [4.69, 9.17) is 0 Å². The van der Waals surface area contributed by atoms with Gasteiger partial charge in [0.25, 0.3) is 0 Å². The largest absolute Gasteiger partial charge is 0.345 e. The Morgan fingerprint density at radius 1 is 1.41 bits per heavy atom. The van der Waals surface area contributed by atoms with Crippen LogP contribution in [0.3, 0.4) is 0 Å². The van der Waals surface area contributed by atoms with Crippen LogP contribution in [-0.2, 0) is 4.79 Å². The normalized spacial score (nSPS) is 26.1. The van der Waals surface area contributed by atoms with E-state index in [1.165, 1.54) is 31.4 Å². The number of nitrogens with zero attached hydrogens (tertiary/aromatic N) is 1. The Balaban J connectivity index is 1.70. The molecule has 0 bridgehead atoms. The molecule has 3 nitrogen and oxygen atoms in total. The summed E-state index contributed by atoms with van der Waals surface area (Å²) in [7, 11) is 1.97.